The Hall–Kier alpha value is -3.23. The van der Waals surface area contributed by atoms with Gasteiger partial charge in [0.15, 0.2) is 11.5 Å². The number of nitrogens with one attached hydrogen (secondary N) is 1. The molecule has 158 valence electrons. The lowest BCUT2D eigenvalue weighted by molar-refractivity contribution is -0.116. The summed E-state index contributed by atoms with van der Waals surface area (Å²) in [7, 11) is 4.61. The van der Waals surface area contributed by atoms with E-state index in [1.165, 1.54) is 45.0 Å². The van der Waals surface area contributed by atoms with E-state index in [-0.39, 0.29) is 5.91 Å². The fourth-order valence-corrected chi connectivity index (χ4v) is 3.77. The Morgan fingerprint density at radius 1 is 1.17 bits per heavy atom. The van der Waals surface area contributed by atoms with Crippen molar-refractivity contribution in [2.24, 2.45) is 0 Å². The van der Waals surface area contributed by atoms with Crippen molar-refractivity contribution in [2.45, 2.75) is 12.6 Å². The maximum Gasteiger partial charge on any atom is 0.244 e. The molecule has 3 aromatic rings. The molecule has 1 unspecified atom stereocenters. The summed E-state index contributed by atoms with van der Waals surface area (Å²) in [6.45, 7) is 0.355. The highest BCUT2D eigenvalue weighted by molar-refractivity contribution is 7.12. The maximum atomic E-state index is 12.2. The lowest BCUT2D eigenvalue weighted by Gasteiger charge is -2.12. The van der Waals surface area contributed by atoms with Crippen LogP contribution < -0.4 is 19.5 Å². The van der Waals surface area contributed by atoms with Crippen LogP contribution in [0.25, 0.3) is 6.08 Å². The molecule has 0 aliphatic heterocycles. The van der Waals surface area contributed by atoms with Gasteiger partial charge in [0.2, 0.25) is 11.7 Å². The zero-order valence-corrected chi connectivity index (χ0v) is 17.7. The summed E-state index contributed by atoms with van der Waals surface area (Å²) in [6, 6.07) is 10.7. The van der Waals surface area contributed by atoms with E-state index >= 15 is 0 Å². The first-order valence-electron chi connectivity index (χ1n) is 9.11. The van der Waals surface area contributed by atoms with Crippen molar-refractivity contribution in [3.05, 3.63) is 69.8 Å². The molecule has 0 aliphatic carbocycles. The molecule has 0 bridgehead atoms. The third-order valence-electron chi connectivity index (χ3n) is 4.32. The molecule has 7 nitrogen and oxygen atoms in total. The van der Waals surface area contributed by atoms with Crippen LogP contribution in [0.3, 0.4) is 0 Å². The van der Waals surface area contributed by atoms with E-state index in [2.05, 4.69) is 5.32 Å². The summed E-state index contributed by atoms with van der Waals surface area (Å²) in [4.78, 5) is 13.9. The number of thiophene rings is 1. The fourth-order valence-electron chi connectivity index (χ4n) is 2.83. The molecule has 0 saturated carbocycles. The maximum absolute atomic E-state index is 12.2. The van der Waals surface area contributed by atoms with E-state index in [1.807, 2.05) is 12.1 Å². The summed E-state index contributed by atoms with van der Waals surface area (Å²) < 4.78 is 21.2. The molecule has 0 radical (unpaired) electrons. The Labute approximate surface area is 178 Å². The van der Waals surface area contributed by atoms with Gasteiger partial charge in [-0.3, -0.25) is 4.79 Å². The number of rotatable bonds is 9. The highest BCUT2D eigenvalue weighted by atomic mass is 32.1. The van der Waals surface area contributed by atoms with Crippen molar-refractivity contribution in [3.8, 4) is 17.2 Å². The van der Waals surface area contributed by atoms with Crippen molar-refractivity contribution in [1.82, 2.24) is 5.32 Å². The molecule has 2 heterocycles. The molecule has 0 fully saturated rings. The number of amides is 1. The molecule has 1 atom stereocenters. The van der Waals surface area contributed by atoms with E-state index in [9.17, 15) is 9.90 Å². The minimum absolute atomic E-state index is 0.245. The van der Waals surface area contributed by atoms with Gasteiger partial charge in [0.1, 0.15) is 11.9 Å². The quantitative estimate of drug-likeness (QED) is 0.503. The number of aliphatic hydroxyl groups excluding tert-OH is 1. The van der Waals surface area contributed by atoms with E-state index in [0.717, 1.165) is 15.3 Å². The molecule has 1 amide bonds. The van der Waals surface area contributed by atoms with E-state index in [0.29, 0.717) is 29.6 Å². The lowest BCUT2D eigenvalue weighted by Crippen LogP contribution is -2.19. The van der Waals surface area contributed by atoms with Crippen LogP contribution >= 0.6 is 11.3 Å². The van der Waals surface area contributed by atoms with Crippen LogP contribution in [-0.4, -0.2) is 32.3 Å². The van der Waals surface area contributed by atoms with Crippen LogP contribution in [0, 0.1) is 0 Å². The van der Waals surface area contributed by atoms with Gasteiger partial charge in [0, 0.05) is 15.8 Å². The number of furan rings is 1. The first-order valence-corrected chi connectivity index (χ1v) is 9.93. The van der Waals surface area contributed by atoms with Gasteiger partial charge < -0.3 is 29.1 Å². The van der Waals surface area contributed by atoms with Gasteiger partial charge in [-0.15, -0.1) is 11.3 Å². The van der Waals surface area contributed by atoms with Crippen molar-refractivity contribution >= 4 is 23.3 Å². The molecule has 0 spiro atoms. The lowest BCUT2D eigenvalue weighted by atomic mass is 10.1. The number of carbonyl (C=O) groups excluding carboxylic acids is 1. The SMILES string of the molecule is COc1cc(/C=C/C(=O)NCc2ccc(C(O)c3ccco3)s2)cc(OC)c1OC. The Morgan fingerprint density at radius 3 is 2.50 bits per heavy atom. The molecule has 8 heteroatoms. The second kappa shape index (κ2) is 10.00. The zero-order chi connectivity index (χ0) is 21.5. The molecule has 3 rings (SSSR count). The number of aliphatic hydroxyl groups is 1. The van der Waals surface area contributed by atoms with Crippen molar-refractivity contribution < 1.29 is 28.5 Å². The van der Waals surface area contributed by atoms with Gasteiger partial charge in [-0.05, 0) is 48.0 Å². The summed E-state index contributed by atoms with van der Waals surface area (Å²) in [5, 5.41) is 13.1. The largest absolute Gasteiger partial charge is 0.493 e. The second-order valence-corrected chi connectivity index (χ2v) is 7.43. The van der Waals surface area contributed by atoms with Crippen LogP contribution in [0.1, 0.15) is 27.2 Å². The summed E-state index contributed by atoms with van der Waals surface area (Å²) in [5.74, 6) is 1.76. The number of carbonyl (C=O) groups is 1. The average Bonchev–Trinajstić information content (AvgIpc) is 3.47. The highest BCUT2D eigenvalue weighted by Gasteiger charge is 2.16. The molecule has 0 aliphatic rings. The molecule has 2 aromatic heterocycles. The van der Waals surface area contributed by atoms with Crippen LogP contribution in [-0.2, 0) is 11.3 Å². The number of ether oxygens (including phenoxy) is 3. The van der Waals surface area contributed by atoms with Gasteiger partial charge in [0.05, 0.1) is 34.1 Å². The average molecular weight is 429 g/mol. The van der Waals surface area contributed by atoms with Crippen LogP contribution in [0.2, 0.25) is 0 Å². The minimum Gasteiger partial charge on any atom is -0.493 e. The van der Waals surface area contributed by atoms with E-state index < -0.39 is 6.10 Å². The molecular formula is C22H23NO6S. The molecule has 0 saturated heterocycles. The number of methoxy groups -OCH3 is 3. The number of hydrogen-bond donors (Lipinski definition) is 2. The highest BCUT2D eigenvalue weighted by Crippen LogP contribution is 2.38. The third-order valence-corrected chi connectivity index (χ3v) is 5.45. The van der Waals surface area contributed by atoms with Gasteiger partial charge >= 0.3 is 0 Å². The summed E-state index contributed by atoms with van der Waals surface area (Å²) in [6.07, 6.45) is 3.82. The van der Waals surface area contributed by atoms with Gasteiger partial charge in [-0.25, -0.2) is 0 Å². The number of benzene rings is 1. The minimum atomic E-state index is -0.811. The van der Waals surface area contributed by atoms with Crippen LogP contribution in [0.15, 0.2) is 53.2 Å². The van der Waals surface area contributed by atoms with E-state index in [1.54, 1.807) is 30.3 Å². The van der Waals surface area contributed by atoms with Crippen LogP contribution in [0.5, 0.6) is 17.2 Å². The smallest absolute Gasteiger partial charge is 0.244 e. The van der Waals surface area contributed by atoms with Crippen molar-refractivity contribution in [3.63, 3.8) is 0 Å². The monoisotopic (exact) mass is 429 g/mol. The number of hydrogen-bond acceptors (Lipinski definition) is 7. The van der Waals surface area contributed by atoms with Gasteiger partial charge in [0.25, 0.3) is 0 Å². The van der Waals surface area contributed by atoms with E-state index in [4.69, 9.17) is 18.6 Å². The Kier molecular flexibility index (Phi) is 7.16. The predicted octanol–water partition coefficient (Wildman–Crippen LogP) is 3.78. The van der Waals surface area contributed by atoms with Gasteiger partial charge in [-0.2, -0.15) is 0 Å². The van der Waals surface area contributed by atoms with Gasteiger partial charge in [-0.1, -0.05) is 0 Å². The topological polar surface area (TPSA) is 90.2 Å². The Balaban J connectivity index is 1.60. The fraction of sp³-hybridized carbons (Fsp3) is 0.227. The second-order valence-electron chi connectivity index (χ2n) is 6.23. The normalized spacial score (nSPS) is 12.0. The van der Waals surface area contributed by atoms with Crippen molar-refractivity contribution in [1.29, 1.82) is 0 Å². The third kappa shape index (κ3) is 5.03. The van der Waals surface area contributed by atoms with Crippen LogP contribution in [0.4, 0.5) is 0 Å². The first kappa shape index (κ1) is 21.5. The zero-order valence-electron chi connectivity index (χ0n) is 16.9. The molecule has 1 aromatic carbocycles. The molecule has 30 heavy (non-hydrogen) atoms. The standard InChI is InChI=1S/C22H23NO6S/c1-26-17-11-14(12-18(27-2)22(17)28-3)6-9-20(24)23-13-15-7-8-19(30-15)21(25)16-5-4-10-29-16/h4-12,21,25H,13H2,1-3H3,(H,23,24)/b9-6+. The summed E-state index contributed by atoms with van der Waals surface area (Å²) >= 11 is 1.41. The molecular weight excluding hydrogens is 406 g/mol. The Bertz CT molecular complexity index is 984. The first-order chi connectivity index (χ1) is 14.5. The van der Waals surface area contributed by atoms with Crippen molar-refractivity contribution in [2.75, 3.05) is 21.3 Å². The molecule has 2 N–H and O–H groups in total. The predicted molar refractivity (Wildman–Crippen MR) is 114 cm³/mol. The Morgan fingerprint density at radius 2 is 1.90 bits per heavy atom. The summed E-state index contributed by atoms with van der Waals surface area (Å²) in [5.41, 5.74) is 0.736.